The third-order valence-corrected chi connectivity index (χ3v) is 5.18. The fourth-order valence-corrected chi connectivity index (χ4v) is 3.59. The number of benzene rings is 1. The van der Waals surface area contributed by atoms with E-state index in [9.17, 15) is 10.1 Å². The lowest BCUT2D eigenvalue weighted by atomic mass is 10.1. The molecule has 0 saturated carbocycles. The van der Waals surface area contributed by atoms with E-state index in [-0.39, 0.29) is 11.5 Å². The first-order chi connectivity index (χ1) is 15.0. The Morgan fingerprint density at radius 1 is 1.29 bits per heavy atom. The van der Waals surface area contributed by atoms with Crippen LogP contribution in [-0.2, 0) is 11.3 Å². The van der Waals surface area contributed by atoms with Crippen molar-refractivity contribution in [2.24, 2.45) is 0 Å². The molecule has 2 heterocycles. The molecule has 1 amide bonds. The Balaban J connectivity index is 1.54. The van der Waals surface area contributed by atoms with Gasteiger partial charge in [0.2, 0.25) is 0 Å². The minimum absolute atomic E-state index is 0.107. The number of nitriles is 1. The van der Waals surface area contributed by atoms with Crippen molar-refractivity contribution in [3.05, 3.63) is 65.1 Å². The Kier molecular flexibility index (Phi) is 7.45. The summed E-state index contributed by atoms with van der Waals surface area (Å²) in [7, 11) is 0. The molecule has 3 aromatic rings. The van der Waals surface area contributed by atoms with Crippen LogP contribution in [-0.4, -0.2) is 28.6 Å². The average Bonchev–Trinajstić information content (AvgIpc) is 3.04. The van der Waals surface area contributed by atoms with Crippen molar-refractivity contribution in [2.45, 2.75) is 40.2 Å². The highest BCUT2D eigenvalue weighted by molar-refractivity contribution is 6.01. The number of para-hydroxylation sites is 1. The Morgan fingerprint density at radius 2 is 2.10 bits per heavy atom. The minimum Gasteiger partial charge on any atom is -0.491 e. The fraction of sp³-hybridized carbons (Fsp3) is 0.320. The average molecular weight is 417 g/mol. The molecule has 6 nitrogen and oxygen atoms in total. The summed E-state index contributed by atoms with van der Waals surface area (Å²) >= 11 is 0. The molecule has 31 heavy (non-hydrogen) atoms. The molecule has 0 spiro atoms. The van der Waals surface area contributed by atoms with E-state index in [1.54, 1.807) is 12.3 Å². The fourth-order valence-electron chi connectivity index (χ4n) is 3.59. The molecule has 1 aromatic carbocycles. The van der Waals surface area contributed by atoms with Crippen LogP contribution in [0.2, 0.25) is 0 Å². The van der Waals surface area contributed by atoms with E-state index in [4.69, 9.17) is 4.74 Å². The molecule has 0 atom stereocenters. The maximum Gasteiger partial charge on any atom is 0.261 e. The van der Waals surface area contributed by atoms with E-state index in [1.165, 1.54) is 0 Å². The highest BCUT2D eigenvalue weighted by atomic mass is 16.5. The molecule has 0 fully saturated rings. The van der Waals surface area contributed by atoms with Gasteiger partial charge in [0.05, 0.1) is 6.61 Å². The van der Waals surface area contributed by atoms with Gasteiger partial charge in [-0.3, -0.25) is 9.78 Å². The van der Waals surface area contributed by atoms with Crippen LogP contribution >= 0.6 is 0 Å². The summed E-state index contributed by atoms with van der Waals surface area (Å²) in [6.45, 7) is 7.97. The number of fused-ring (bicyclic) bond motifs is 1. The molecule has 0 radical (unpaired) electrons. The van der Waals surface area contributed by atoms with Gasteiger partial charge in [-0.25, -0.2) is 0 Å². The standard InChI is InChI=1S/C25H28N4O2/c1-4-13-29-18(2)15-21(19(29)3)16-22(17-26)25(30)28-12-7-14-31-23-10-5-8-20-9-6-11-27-24(20)23/h5-6,8-11,15-16H,4,7,12-14H2,1-3H3,(H,28,30)/b22-16+. The number of hydrogen-bond acceptors (Lipinski definition) is 4. The quantitative estimate of drug-likeness (QED) is 0.315. The van der Waals surface area contributed by atoms with E-state index in [0.717, 1.165) is 46.6 Å². The third kappa shape index (κ3) is 5.32. The van der Waals surface area contributed by atoms with Gasteiger partial charge in [-0.1, -0.05) is 25.1 Å². The normalized spacial score (nSPS) is 11.4. The minimum atomic E-state index is -0.366. The van der Waals surface area contributed by atoms with Crippen LogP contribution in [0.4, 0.5) is 0 Å². The maximum atomic E-state index is 12.5. The van der Waals surface area contributed by atoms with Gasteiger partial charge in [0.1, 0.15) is 22.9 Å². The zero-order valence-electron chi connectivity index (χ0n) is 18.3. The van der Waals surface area contributed by atoms with E-state index in [0.29, 0.717) is 19.6 Å². The van der Waals surface area contributed by atoms with Gasteiger partial charge in [-0.2, -0.15) is 5.26 Å². The second-order valence-corrected chi connectivity index (χ2v) is 7.44. The van der Waals surface area contributed by atoms with Crippen LogP contribution < -0.4 is 10.1 Å². The zero-order valence-corrected chi connectivity index (χ0v) is 18.3. The Hall–Kier alpha value is -3.59. The number of pyridine rings is 1. The molecule has 0 aliphatic heterocycles. The number of rotatable bonds is 9. The molecule has 0 bridgehead atoms. The molecule has 0 aliphatic rings. The molecular formula is C25H28N4O2. The van der Waals surface area contributed by atoms with Gasteiger partial charge in [0.15, 0.2) is 0 Å². The van der Waals surface area contributed by atoms with Gasteiger partial charge < -0.3 is 14.6 Å². The predicted molar refractivity (Wildman–Crippen MR) is 123 cm³/mol. The molecule has 1 N–H and O–H groups in total. The number of carbonyl (C=O) groups excluding carboxylic acids is 1. The summed E-state index contributed by atoms with van der Waals surface area (Å²) < 4.78 is 8.05. The van der Waals surface area contributed by atoms with E-state index in [1.807, 2.05) is 56.3 Å². The van der Waals surface area contributed by atoms with Crippen molar-refractivity contribution in [1.29, 1.82) is 5.26 Å². The van der Waals surface area contributed by atoms with Crippen molar-refractivity contribution in [3.63, 3.8) is 0 Å². The number of hydrogen-bond donors (Lipinski definition) is 1. The first-order valence-electron chi connectivity index (χ1n) is 10.6. The van der Waals surface area contributed by atoms with Gasteiger partial charge in [-0.15, -0.1) is 0 Å². The van der Waals surface area contributed by atoms with Crippen LogP contribution in [0.5, 0.6) is 5.75 Å². The van der Waals surface area contributed by atoms with Gasteiger partial charge >= 0.3 is 0 Å². The number of nitrogens with zero attached hydrogens (tertiary/aromatic N) is 3. The van der Waals surface area contributed by atoms with Crippen LogP contribution in [0.3, 0.4) is 0 Å². The first-order valence-corrected chi connectivity index (χ1v) is 10.6. The highest BCUT2D eigenvalue weighted by Crippen LogP contribution is 2.23. The summed E-state index contributed by atoms with van der Waals surface area (Å²) in [6, 6.07) is 13.7. The van der Waals surface area contributed by atoms with Gasteiger partial charge in [-0.05, 0) is 56.5 Å². The van der Waals surface area contributed by atoms with Crippen LogP contribution in [0, 0.1) is 25.2 Å². The van der Waals surface area contributed by atoms with Crippen molar-refractivity contribution in [3.8, 4) is 11.8 Å². The maximum absolute atomic E-state index is 12.5. The Bertz CT molecular complexity index is 1130. The lowest BCUT2D eigenvalue weighted by Crippen LogP contribution is -2.26. The van der Waals surface area contributed by atoms with Gasteiger partial charge in [0.25, 0.3) is 5.91 Å². The summed E-state index contributed by atoms with van der Waals surface area (Å²) in [5, 5.41) is 13.3. The second kappa shape index (κ2) is 10.4. The summed E-state index contributed by atoms with van der Waals surface area (Å²) in [5.74, 6) is 0.360. The van der Waals surface area contributed by atoms with E-state index in [2.05, 4.69) is 21.8 Å². The first kappa shape index (κ1) is 22.1. The highest BCUT2D eigenvalue weighted by Gasteiger charge is 2.12. The number of ether oxygens (including phenoxy) is 1. The smallest absolute Gasteiger partial charge is 0.261 e. The topological polar surface area (TPSA) is 79.9 Å². The molecule has 0 aliphatic carbocycles. The molecule has 3 rings (SSSR count). The number of amides is 1. The predicted octanol–water partition coefficient (Wildman–Crippen LogP) is 4.56. The molecule has 0 saturated heterocycles. The summed E-state index contributed by atoms with van der Waals surface area (Å²) in [5.41, 5.74) is 4.03. The SMILES string of the molecule is CCCn1c(C)cc(/C=C(\C#N)C(=O)NCCCOc2cccc3cccnc23)c1C. The van der Waals surface area contributed by atoms with E-state index >= 15 is 0 Å². The lowest BCUT2D eigenvalue weighted by molar-refractivity contribution is -0.117. The van der Waals surface area contributed by atoms with Crippen molar-refractivity contribution < 1.29 is 9.53 Å². The van der Waals surface area contributed by atoms with Crippen molar-refractivity contribution in [2.75, 3.05) is 13.2 Å². The number of carbonyl (C=O) groups is 1. The zero-order chi connectivity index (χ0) is 22.2. The molecule has 0 unspecified atom stereocenters. The van der Waals surface area contributed by atoms with Crippen LogP contribution in [0.15, 0.2) is 48.2 Å². The van der Waals surface area contributed by atoms with Crippen molar-refractivity contribution >= 4 is 22.9 Å². The largest absolute Gasteiger partial charge is 0.491 e. The lowest BCUT2D eigenvalue weighted by Gasteiger charge is -2.09. The summed E-state index contributed by atoms with van der Waals surface area (Å²) in [6.07, 6.45) is 5.06. The Morgan fingerprint density at radius 3 is 2.87 bits per heavy atom. The monoisotopic (exact) mass is 416 g/mol. The number of aryl methyl sites for hydroxylation is 1. The number of aromatic nitrogens is 2. The van der Waals surface area contributed by atoms with Crippen LogP contribution in [0.1, 0.15) is 36.7 Å². The van der Waals surface area contributed by atoms with Crippen LogP contribution in [0.25, 0.3) is 17.0 Å². The second-order valence-electron chi connectivity index (χ2n) is 7.44. The third-order valence-electron chi connectivity index (χ3n) is 5.18. The molecular weight excluding hydrogens is 388 g/mol. The van der Waals surface area contributed by atoms with E-state index < -0.39 is 0 Å². The molecule has 2 aromatic heterocycles. The van der Waals surface area contributed by atoms with Gasteiger partial charge in [0, 0.05) is 36.1 Å². The number of nitrogens with one attached hydrogen (secondary N) is 1. The molecule has 160 valence electrons. The molecule has 6 heteroatoms. The summed E-state index contributed by atoms with van der Waals surface area (Å²) in [4.78, 5) is 16.8. The van der Waals surface area contributed by atoms with Crippen molar-refractivity contribution in [1.82, 2.24) is 14.9 Å². The Labute approximate surface area is 183 Å².